The van der Waals surface area contributed by atoms with Gasteiger partial charge in [0, 0.05) is 15.6 Å². The third kappa shape index (κ3) is 2.77. The van der Waals surface area contributed by atoms with Crippen LogP contribution in [0.2, 0.25) is 0 Å². The lowest BCUT2D eigenvalue weighted by molar-refractivity contribution is 0.474. The van der Waals surface area contributed by atoms with Crippen LogP contribution in [0.1, 0.15) is 5.56 Å². The van der Waals surface area contributed by atoms with Gasteiger partial charge in [0.15, 0.2) is 0 Å². The Kier molecular flexibility index (Phi) is 3.51. The number of aromatic nitrogens is 1. The van der Waals surface area contributed by atoms with E-state index >= 15 is 0 Å². The second kappa shape index (κ2) is 4.89. The summed E-state index contributed by atoms with van der Waals surface area (Å²) < 4.78 is 0.977. The largest absolute Gasteiger partial charge is 0.508 e. The van der Waals surface area contributed by atoms with Crippen molar-refractivity contribution >= 4 is 27.7 Å². The van der Waals surface area contributed by atoms with Crippen molar-refractivity contribution < 1.29 is 5.11 Å². The van der Waals surface area contributed by atoms with E-state index in [9.17, 15) is 5.11 Å². The molecular weight excluding hydrogens is 286 g/mol. The van der Waals surface area contributed by atoms with Crippen molar-refractivity contribution in [1.29, 1.82) is 0 Å². The molecule has 0 spiro atoms. The van der Waals surface area contributed by atoms with Crippen molar-refractivity contribution in [2.75, 3.05) is 0 Å². The Bertz CT molecular complexity index is 516. The van der Waals surface area contributed by atoms with E-state index in [1.807, 2.05) is 25.1 Å². The van der Waals surface area contributed by atoms with E-state index in [1.165, 1.54) is 0 Å². The third-order valence-electron chi connectivity index (χ3n) is 2.03. The number of benzene rings is 1. The molecule has 0 atom stereocenters. The maximum Gasteiger partial charge on any atom is 0.116 e. The highest BCUT2D eigenvalue weighted by molar-refractivity contribution is 9.10. The molecule has 2 rings (SSSR count). The smallest absolute Gasteiger partial charge is 0.116 e. The van der Waals surface area contributed by atoms with Gasteiger partial charge in [0.2, 0.25) is 0 Å². The molecule has 82 valence electrons. The first-order chi connectivity index (χ1) is 7.65. The van der Waals surface area contributed by atoms with Crippen molar-refractivity contribution in [2.45, 2.75) is 16.8 Å². The zero-order chi connectivity index (χ0) is 11.5. The van der Waals surface area contributed by atoms with Crippen LogP contribution in [0.15, 0.2) is 50.9 Å². The Labute approximate surface area is 107 Å². The lowest BCUT2D eigenvalue weighted by atomic mass is 10.3. The highest BCUT2D eigenvalue weighted by atomic mass is 79.9. The number of phenolic OH excluding ortho intramolecular Hbond substituents is 1. The van der Waals surface area contributed by atoms with Crippen molar-refractivity contribution in [1.82, 2.24) is 4.98 Å². The van der Waals surface area contributed by atoms with Crippen LogP contribution in [0.3, 0.4) is 0 Å². The minimum atomic E-state index is 0.278. The summed E-state index contributed by atoms with van der Waals surface area (Å²) >= 11 is 4.93. The van der Waals surface area contributed by atoms with Gasteiger partial charge < -0.3 is 5.11 Å². The lowest BCUT2D eigenvalue weighted by Gasteiger charge is -2.05. The normalized spacial score (nSPS) is 10.4. The maximum atomic E-state index is 9.36. The fourth-order valence-electron chi connectivity index (χ4n) is 1.29. The zero-order valence-corrected chi connectivity index (χ0v) is 11.0. The van der Waals surface area contributed by atoms with Gasteiger partial charge in [-0.3, -0.25) is 0 Å². The number of phenols is 1. The number of pyridine rings is 1. The second-order valence-electron chi connectivity index (χ2n) is 3.38. The first-order valence-electron chi connectivity index (χ1n) is 4.74. The van der Waals surface area contributed by atoms with Crippen molar-refractivity contribution in [3.05, 3.63) is 46.6 Å². The molecule has 2 aromatic rings. The molecule has 0 aliphatic carbocycles. The molecule has 0 radical (unpaired) electrons. The minimum absolute atomic E-state index is 0.278. The number of aryl methyl sites for hydroxylation is 1. The Balaban J connectivity index is 2.27. The van der Waals surface area contributed by atoms with Crippen LogP contribution in [0.25, 0.3) is 0 Å². The number of hydrogen-bond acceptors (Lipinski definition) is 3. The quantitative estimate of drug-likeness (QED) is 0.909. The molecule has 0 aliphatic heterocycles. The van der Waals surface area contributed by atoms with Gasteiger partial charge in [-0.15, -0.1) is 0 Å². The van der Waals surface area contributed by atoms with Crippen LogP contribution in [0.5, 0.6) is 5.75 Å². The van der Waals surface area contributed by atoms with Gasteiger partial charge >= 0.3 is 0 Å². The summed E-state index contributed by atoms with van der Waals surface area (Å²) in [5.41, 5.74) is 1.11. The molecule has 2 nitrogen and oxygen atoms in total. The molecule has 16 heavy (non-hydrogen) atoms. The fourth-order valence-corrected chi connectivity index (χ4v) is 2.61. The molecule has 1 aromatic carbocycles. The molecule has 1 aromatic heterocycles. The van der Waals surface area contributed by atoms with E-state index in [0.717, 1.165) is 20.0 Å². The summed E-state index contributed by atoms with van der Waals surface area (Å²) in [6.45, 7) is 2.02. The summed E-state index contributed by atoms with van der Waals surface area (Å²) in [7, 11) is 0. The highest BCUT2D eigenvalue weighted by Crippen LogP contribution is 2.31. The Morgan fingerprint density at radius 1 is 1.31 bits per heavy atom. The summed E-state index contributed by atoms with van der Waals surface area (Å²) in [4.78, 5) is 5.32. The van der Waals surface area contributed by atoms with Crippen molar-refractivity contribution in [3.8, 4) is 5.75 Å². The number of aromatic hydroxyl groups is 1. The van der Waals surface area contributed by atoms with E-state index < -0.39 is 0 Å². The first kappa shape index (κ1) is 11.5. The molecule has 0 aliphatic rings. The van der Waals surface area contributed by atoms with E-state index in [-0.39, 0.29) is 5.75 Å². The van der Waals surface area contributed by atoms with Crippen LogP contribution < -0.4 is 0 Å². The highest BCUT2D eigenvalue weighted by Gasteiger charge is 2.03. The Morgan fingerprint density at radius 2 is 2.12 bits per heavy atom. The molecule has 0 unspecified atom stereocenters. The molecule has 1 heterocycles. The van der Waals surface area contributed by atoms with Crippen LogP contribution in [0, 0.1) is 6.92 Å². The molecule has 0 amide bonds. The number of hydrogen-bond donors (Lipinski definition) is 1. The molecule has 4 heteroatoms. The first-order valence-corrected chi connectivity index (χ1v) is 6.35. The molecular formula is C12H10BrNOS. The Hall–Kier alpha value is -1.00. The summed E-state index contributed by atoms with van der Waals surface area (Å²) in [5, 5.41) is 10.3. The molecule has 0 saturated heterocycles. The topological polar surface area (TPSA) is 33.1 Å². The van der Waals surface area contributed by atoms with Gasteiger partial charge in [0.25, 0.3) is 0 Å². The van der Waals surface area contributed by atoms with E-state index in [2.05, 4.69) is 20.9 Å². The van der Waals surface area contributed by atoms with Crippen LogP contribution in [0.4, 0.5) is 0 Å². The number of rotatable bonds is 2. The molecule has 0 fully saturated rings. The second-order valence-corrected chi connectivity index (χ2v) is 5.35. The van der Waals surface area contributed by atoms with Gasteiger partial charge in [-0.25, -0.2) is 4.98 Å². The average Bonchev–Trinajstić information content (AvgIpc) is 2.22. The van der Waals surface area contributed by atoms with Crippen LogP contribution in [-0.2, 0) is 0 Å². The van der Waals surface area contributed by atoms with Gasteiger partial charge in [0.05, 0.1) is 0 Å². The van der Waals surface area contributed by atoms with Gasteiger partial charge in [-0.2, -0.15) is 0 Å². The molecule has 0 bridgehead atoms. The summed E-state index contributed by atoms with van der Waals surface area (Å²) in [5.74, 6) is 0.278. The monoisotopic (exact) mass is 295 g/mol. The predicted octanol–water partition coefficient (Wildman–Crippen LogP) is 4.01. The number of halogens is 1. The third-order valence-corrected chi connectivity index (χ3v) is 3.57. The zero-order valence-electron chi connectivity index (χ0n) is 8.64. The standard InChI is InChI=1S/C12H10BrNOS/c1-8-5-9(13)7-14-12(8)16-11-4-2-3-10(15)6-11/h2-7,15H,1H3. The van der Waals surface area contributed by atoms with Crippen molar-refractivity contribution in [3.63, 3.8) is 0 Å². The van der Waals surface area contributed by atoms with Gasteiger partial charge in [-0.05, 0) is 52.7 Å². The van der Waals surface area contributed by atoms with E-state index in [0.29, 0.717) is 0 Å². The van der Waals surface area contributed by atoms with E-state index in [4.69, 9.17) is 0 Å². The summed E-state index contributed by atoms with van der Waals surface area (Å²) in [6, 6.07) is 9.19. The SMILES string of the molecule is Cc1cc(Br)cnc1Sc1cccc(O)c1. The number of nitrogens with zero attached hydrogens (tertiary/aromatic N) is 1. The molecule has 1 N–H and O–H groups in total. The lowest BCUT2D eigenvalue weighted by Crippen LogP contribution is -1.85. The maximum absolute atomic E-state index is 9.36. The van der Waals surface area contributed by atoms with E-state index in [1.54, 1.807) is 30.1 Å². The minimum Gasteiger partial charge on any atom is -0.508 e. The van der Waals surface area contributed by atoms with Gasteiger partial charge in [0.1, 0.15) is 10.8 Å². The average molecular weight is 296 g/mol. The van der Waals surface area contributed by atoms with Crippen molar-refractivity contribution in [2.24, 2.45) is 0 Å². The van der Waals surface area contributed by atoms with Crippen LogP contribution >= 0.6 is 27.7 Å². The predicted molar refractivity (Wildman–Crippen MR) is 68.9 cm³/mol. The fraction of sp³-hybridized carbons (Fsp3) is 0.0833. The molecule has 0 saturated carbocycles. The summed E-state index contributed by atoms with van der Waals surface area (Å²) in [6.07, 6.45) is 1.78. The van der Waals surface area contributed by atoms with Crippen LogP contribution in [-0.4, -0.2) is 10.1 Å². The van der Waals surface area contributed by atoms with Gasteiger partial charge in [-0.1, -0.05) is 17.8 Å². The Morgan fingerprint density at radius 3 is 2.81 bits per heavy atom.